The van der Waals surface area contributed by atoms with E-state index in [-0.39, 0.29) is 23.8 Å². The third-order valence-electron chi connectivity index (χ3n) is 14.3. The molecule has 0 aromatic heterocycles. The van der Waals surface area contributed by atoms with Crippen LogP contribution in [-0.2, 0) is 28.7 Å². The van der Waals surface area contributed by atoms with Gasteiger partial charge in [0.05, 0.1) is 13.2 Å². The highest BCUT2D eigenvalue weighted by Crippen LogP contribution is 2.21. The van der Waals surface area contributed by atoms with E-state index in [9.17, 15) is 19.2 Å². The molecular formula is C62H120Br2N2O6. The minimum atomic E-state index is -0.0602. The van der Waals surface area contributed by atoms with E-state index < -0.39 is 0 Å². The molecule has 428 valence electrons. The van der Waals surface area contributed by atoms with Crippen molar-refractivity contribution in [2.75, 3.05) is 50.1 Å². The Morgan fingerprint density at radius 1 is 0.361 bits per heavy atom. The van der Waals surface area contributed by atoms with Gasteiger partial charge in [0.25, 0.3) is 0 Å². The molecule has 2 unspecified atom stereocenters. The summed E-state index contributed by atoms with van der Waals surface area (Å²) in [4.78, 5) is 53.1. The molecule has 2 amide bonds. The summed E-state index contributed by atoms with van der Waals surface area (Å²) >= 11 is 6.77. The topological polar surface area (TPSA) is 93.2 Å². The summed E-state index contributed by atoms with van der Waals surface area (Å²) in [6.07, 6.45) is 48.4. The normalized spacial score (nSPS) is 12.0. The number of alkyl halides is 2. The van der Waals surface area contributed by atoms with Crippen LogP contribution < -0.4 is 0 Å². The van der Waals surface area contributed by atoms with Gasteiger partial charge in [-0.05, 0) is 69.6 Å². The van der Waals surface area contributed by atoms with Gasteiger partial charge in [0.2, 0.25) is 11.8 Å². The lowest BCUT2D eigenvalue weighted by molar-refractivity contribution is -0.145. The standard InChI is InChI=1S/2C31H60BrNO3/c1-4-6-8-18-26-33(30(34)24-25-32)27-19-15-17-23-31(35)36-28-20-14-12-10-9-11-13-16-22-29(3)21-7-5-2;1-4-7-10-13-14-17-22-29(21-16-11-8-5-2)28-36-31(35)23-18-15-20-27-33(30(34)24-25-32)26-19-12-9-6-3/h2*29H,4-28H2,1-3H3. The first-order chi connectivity index (χ1) is 35.1. The lowest BCUT2D eigenvalue weighted by atomic mass is 9.95. The highest BCUT2D eigenvalue weighted by molar-refractivity contribution is 9.09. The highest BCUT2D eigenvalue weighted by atomic mass is 79.9. The maximum atomic E-state index is 12.4. The molecule has 0 aromatic carbocycles. The molecule has 10 heteroatoms. The van der Waals surface area contributed by atoms with Crippen molar-refractivity contribution in [2.45, 2.75) is 311 Å². The number of carbonyl (C=O) groups is 4. The number of nitrogens with zero attached hydrogens (tertiary/aromatic N) is 2. The molecule has 0 bridgehead atoms. The van der Waals surface area contributed by atoms with Crippen molar-refractivity contribution >= 4 is 55.6 Å². The molecule has 2 atom stereocenters. The number of ether oxygens (including phenoxy) is 2. The molecule has 0 rings (SSSR count). The van der Waals surface area contributed by atoms with E-state index in [2.05, 4.69) is 73.4 Å². The summed E-state index contributed by atoms with van der Waals surface area (Å²) in [5.74, 6) is 1.83. The van der Waals surface area contributed by atoms with Crippen molar-refractivity contribution in [3.63, 3.8) is 0 Å². The molecule has 0 fully saturated rings. The van der Waals surface area contributed by atoms with Crippen molar-refractivity contribution in [3.05, 3.63) is 0 Å². The molecule has 0 spiro atoms. The Bertz CT molecular complexity index is 1180. The van der Waals surface area contributed by atoms with Crippen LogP contribution in [-0.4, -0.2) is 83.6 Å². The van der Waals surface area contributed by atoms with Gasteiger partial charge in [-0.1, -0.05) is 260 Å². The summed E-state index contributed by atoms with van der Waals surface area (Å²) in [6, 6.07) is 0. The molecule has 0 saturated heterocycles. The Morgan fingerprint density at radius 2 is 0.681 bits per heavy atom. The van der Waals surface area contributed by atoms with Gasteiger partial charge in [-0.25, -0.2) is 0 Å². The van der Waals surface area contributed by atoms with Crippen LogP contribution in [0.2, 0.25) is 0 Å². The molecule has 0 heterocycles. The number of esters is 2. The molecule has 0 aliphatic carbocycles. The molecule has 0 radical (unpaired) electrons. The average molecular weight is 1150 g/mol. The Labute approximate surface area is 464 Å². The minimum absolute atomic E-state index is 0.0386. The van der Waals surface area contributed by atoms with E-state index >= 15 is 0 Å². The lowest BCUT2D eigenvalue weighted by Crippen LogP contribution is -2.33. The van der Waals surface area contributed by atoms with Crippen LogP contribution >= 0.6 is 31.9 Å². The number of hydrogen-bond acceptors (Lipinski definition) is 6. The Balaban J connectivity index is 0. The maximum absolute atomic E-state index is 12.4. The maximum Gasteiger partial charge on any atom is 0.305 e. The van der Waals surface area contributed by atoms with Gasteiger partial charge < -0.3 is 19.3 Å². The van der Waals surface area contributed by atoms with Gasteiger partial charge in [-0.3, -0.25) is 19.2 Å². The Hall–Kier alpha value is -1.16. The number of amides is 2. The zero-order chi connectivity index (χ0) is 53.4. The van der Waals surface area contributed by atoms with Gasteiger partial charge in [0, 0.05) is 62.5 Å². The van der Waals surface area contributed by atoms with Crippen LogP contribution in [0.1, 0.15) is 311 Å². The number of halogens is 2. The molecule has 72 heavy (non-hydrogen) atoms. The third-order valence-corrected chi connectivity index (χ3v) is 15.1. The monoisotopic (exact) mass is 1150 g/mol. The first kappa shape index (κ1) is 72.9. The molecule has 0 aromatic rings. The smallest absolute Gasteiger partial charge is 0.305 e. The van der Waals surface area contributed by atoms with Gasteiger partial charge in [-0.2, -0.15) is 0 Å². The Morgan fingerprint density at radius 3 is 1.10 bits per heavy atom. The first-order valence-electron chi connectivity index (χ1n) is 31.1. The highest BCUT2D eigenvalue weighted by Gasteiger charge is 2.15. The summed E-state index contributed by atoms with van der Waals surface area (Å²) in [7, 11) is 0. The largest absolute Gasteiger partial charge is 0.466 e. The van der Waals surface area contributed by atoms with Gasteiger partial charge in [0.1, 0.15) is 0 Å². The van der Waals surface area contributed by atoms with E-state index in [1.54, 1.807) is 0 Å². The van der Waals surface area contributed by atoms with E-state index in [1.165, 1.54) is 180 Å². The fourth-order valence-electron chi connectivity index (χ4n) is 9.43. The van der Waals surface area contributed by atoms with E-state index in [1.807, 2.05) is 9.80 Å². The second kappa shape index (κ2) is 59.1. The number of hydrogen-bond donors (Lipinski definition) is 0. The zero-order valence-corrected chi connectivity index (χ0v) is 51.8. The van der Waals surface area contributed by atoms with Crippen LogP contribution in [0.25, 0.3) is 0 Å². The number of unbranched alkanes of at least 4 members (excludes halogenated alkanes) is 26. The lowest BCUT2D eigenvalue weighted by Gasteiger charge is -2.22. The molecule has 0 aliphatic heterocycles. The SMILES string of the molecule is CCCCCCCCC(CCCCCC)COC(=O)CCCCCN(CCCCCC)C(=O)CCBr.CCCCCCN(CCCCCC(=O)OCCCCCCCCCCC(C)CCCC)C(=O)CCBr. The van der Waals surface area contributed by atoms with E-state index in [0.717, 1.165) is 107 Å². The molecule has 8 nitrogen and oxygen atoms in total. The predicted octanol–water partition coefficient (Wildman–Crippen LogP) is 19.2. The molecule has 0 N–H and O–H groups in total. The van der Waals surface area contributed by atoms with E-state index in [0.29, 0.717) is 44.8 Å². The first-order valence-corrected chi connectivity index (χ1v) is 33.4. The zero-order valence-electron chi connectivity index (χ0n) is 48.6. The summed E-state index contributed by atoms with van der Waals surface area (Å²) < 4.78 is 11.1. The molecular weight excluding hydrogens is 1030 g/mol. The van der Waals surface area contributed by atoms with E-state index in [4.69, 9.17) is 9.47 Å². The van der Waals surface area contributed by atoms with Crippen molar-refractivity contribution in [2.24, 2.45) is 11.8 Å². The van der Waals surface area contributed by atoms with Crippen molar-refractivity contribution in [1.29, 1.82) is 0 Å². The quantitative estimate of drug-likeness (QED) is 0.0342. The van der Waals surface area contributed by atoms with Crippen LogP contribution in [0, 0.1) is 11.8 Å². The Kier molecular flexibility index (Phi) is 59.8. The van der Waals surface area contributed by atoms with Crippen molar-refractivity contribution in [3.8, 4) is 0 Å². The third kappa shape index (κ3) is 52.3. The summed E-state index contributed by atoms with van der Waals surface area (Å²) in [6.45, 7) is 18.1. The predicted molar refractivity (Wildman–Crippen MR) is 318 cm³/mol. The van der Waals surface area contributed by atoms with Crippen LogP contribution in [0.5, 0.6) is 0 Å². The fourth-order valence-corrected chi connectivity index (χ4v) is 10.1. The van der Waals surface area contributed by atoms with Crippen LogP contribution in [0.3, 0.4) is 0 Å². The second-order valence-corrected chi connectivity index (χ2v) is 23.0. The summed E-state index contributed by atoms with van der Waals surface area (Å²) in [5, 5.41) is 1.45. The average Bonchev–Trinajstić information content (AvgIpc) is 3.37. The minimum Gasteiger partial charge on any atom is -0.466 e. The fraction of sp³-hybridized carbons (Fsp3) is 0.935. The van der Waals surface area contributed by atoms with Gasteiger partial charge in [-0.15, -0.1) is 0 Å². The molecule has 0 aliphatic rings. The number of rotatable bonds is 54. The second-order valence-electron chi connectivity index (χ2n) is 21.4. The van der Waals surface area contributed by atoms with Crippen LogP contribution in [0.4, 0.5) is 0 Å². The number of carbonyl (C=O) groups excluding carboxylic acids is 4. The van der Waals surface area contributed by atoms with Gasteiger partial charge in [0.15, 0.2) is 0 Å². The van der Waals surface area contributed by atoms with Crippen LogP contribution in [0.15, 0.2) is 0 Å². The summed E-state index contributed by atoms with van der Waals surface area (Å²) in [5.41, 5.74) is 0. The van der Waals surface area contributed by atoms with Crippen molar-refractivity contribution < 1.29 is 28.7 Å². The molecule has 0 saturated carbocycles. The van der Waals surface area contributed by atoms with Gasteiger partial charge >= 0.3 is 11.9 Å². The van der Waals surface area contributed by atoms with Crippen molar-refractivity contribution in [1.82, 2.24) is 9.80 Å².